The number of rotatable bonds is 4. The van der Waals surface area contributed by atoms with Crippen molar-refractivity contribution in [1.29, 1.82) is 0 Å². The fourth-order valence-corrected chi connectivity index (χ4v) is 2.95. The molecule has 2 aromatic rings. The zero-order valence-corrected chi connectivity index (χ0v) is 11.7. The van der Waals surface area contributed by atoms with Crippen LogP contribution in [0.25, 0.3) is 10.8 Å². The average molecular weight is 269 g/mol. The number of hydrogen-bond acceptors (Lipinski definition) is 3. The van der Waals surface area contributed by atoms with Gasteiger partial charge in [-0.1, -0.05) is 24.3 Å². The molecule has 20 heavy (non-hydrogen) atoms. The van der Waals surface area contributed by atoms with Crippen LogP contribution in [0.15, 0.2) is 36.4 Å². The van der Waals surface area contributed by atoms with Crippen LogP contribution in [0.5, 0.6) is 5.75 Å². The molecule has 0 spiro atoms. The van der Waals surface area contributed by atoms with Crippen LogP contribution < -0.4 is 4.74 Å². The molecule has 0 amide bonds. The lowest BCUT2D eigenvalue weighted by Crippen LogP contribution is -2.20. The molecule has 1 atom stereocenters. The Bertz CT molecular complexity index is 623. The molecule has 0 N–H and O–H groups in total. The van der Waals surface area contributed by atoms with Crippen molar-refractivity contribution >= 4 is 17.1 Å². The molecule has 1 saturated heterocycles. The predicted octanol–water partition coefficient (Wildman–Crippen LogP) is 2.87. The summed E-state index contributed by atoms with van der Waals surface area (Å²) in [7, 11) is 1.69. The number of nitrogens with zero attached hydrogens (tertiary/aromatic N) is 1. The second kappa shape index (κ2) is 5.63. The average Bonchev–Trinajstić information content (AvgIpc) is 2.94. The third-order valence-electron chi connectivity index (χ3n) is 4.07. The van der Waals surface area contributed by atoms with E-state index in [2.05, 4.69) is 35.2 Å². The van der Waals surface area contributed by atoms with Crippen molar-refractivity contribution in [2.75, 3.05) is 20.2 Å². The third kappa shape index (κ3) is 2.54. The number of benzene rings is 2. The van der Waals surface area contributed by atoms with Gasteiger partial charge < -0.3 is 9.53 Å². The van der Waals surface area contributed by atoms with Gasteiger partial charge in [0.15, 0.2) is 0 Å². The van der Waals surface area contributed by atoms with Gasteiger partial charge in [0.05, 0.1) is 7.11 Å². The van der Waals surface area contributed by atoms with Gasteiger partial charge in [0.1, 0.15) is 12.0 Å². The van der Waals surface area contributed by atoms with E-state index in [4.69, 9.17) is 4.74 Å². The molecule has 3 nitrogen and oxygen atoms in total. The van der Waals surface area contributed by atoms with Gasteiger partial charge in [-0.05, 0) is 41.4 Å². The number of methoxy groups -OCH3 is 1. The van der Waals surface area contributed by atoms with Crippen LogP contribution in [0.2, 0.25) is 0 Å². The molecule has 3 heteroatoms. The highest BCUT2D eigenvalue weighted by Crippen LogP contribution is 2.26. The van der Waals surface area contributed by atoms with Crippen molar-refractivity contribution < 1.29 is 9.53 Å². The van der Waals surface area contributed by atoms with Gasteiger partial charge in [-0.25, -0.2) is 0 Å². The largest absolute Gasteiger partial charge is 0.497 e. The van der Waals surface area contributed by atoms with E-state index in [9.17, 15) is 4.79 Å². The number of ether oxygens (including phenoxy) is 1. The number of likely N-dealkylation sites (tertiary alicyclic amines) is 1. The van der Waals surface area contributed by atoms with Crippen LogP contribution in [-0.4, -0.2) is 31.4 Å². The molecular formula is C17H19NO2. The van der Waals surface area contributed by atoms with Gasteiger partial charge in [-0.3, -0.25) is 4.90 Å². The van der Waals surface area contributed by atoms with Gasteiger partial charge in [0.25, 0.3) is 0 Å². The molecule has 1 fully saturated rings. The number of carbonyl (C=O) groups excluding carboxylic acids is 1. The Kier molecular flexibility index (Phi) is 3.70. The van der Waals surface area contributed by atoms with Crippen molar-refractivity contribution in [3.8, 4) is 5.75 Å². The zero-order valence-electron chi connectivity index (χ0n) is 11.7. The number of fused-ring (bicyclic) bond motifs is 1. The molecule has 0 saturated carbocycles. The van der Waals surface area contributed by atoms with Gasteiger partial charge in [0.2, 0.25) is 0 Å². The minimum atomic E-state index is 0.213. The summed E-state index contributed by atoms with van der Waals surface area (Å²) in [6.07, 6.45) is 2.08. The van der Waals surface area contributed by atoms with Crippen LogP contribution in [0, 0.1) is 5.92 Å². The minimum absolute atomic E-state index is 0.213. The van der Waals surface area contributed by atoms with E-state index in [1.807, 2.05) is 6.07 Å². The van der Waals surface area contributed by atoms with Gasteiger partial charge >= 0.3 is 0 Å². The summed E-state index contributed by atoms with van der Waals surface area (Å²) >= 11 is 0. The second-order valence-electron chi connectivity index (χ2n) is 5.42. The van der Waals surface area contributed by atoms with Crippen LogP contribution in [0.1, 0.15) is 12.0 Å². The van der Waals surface area contributed by atoms with Crippen molar-refractivity contribution in [3.05, 3.63) is 42.0 Å². The zero-order chi connectivity index (χ0) is 13.9. The van der Waals surface area contributed by atoms with Crippen molar-refractivity contribution in [2.24, 2.45) is 5.92 Å². The van der Waals surface area contributed by atoms with Gasteiger partial charge in [-0.2, -0.15) is 0 Å². The summed E-state index contributed by atoms with van der Waals surface area (Å²) in [5, 5.41) is 2.47. The Balaban J connectivity index is 1.86. The Morgan fingerprint density at radius 2 is 2.25 bits per heavy atom. The summed E-state index contributed by atoms with van der Waals surface area (Å²) in [5.74, 6) is 1.10. The maximum atomic E-state index is 10.8. The Morgan fingerprint density at radius 1 is 1.35 bits per heavy atom. The van der Waals surface area contributed by atoms with E-state index < -0.39 is 0 Å². The normalized spacial score (nSPS) is 19.4. The standard InChI is InChI=1S/C17H19NO2/c1-20-16-5-6-17-14(9-16)3-2-4-15(17)11-18-8-7-13(10-18)12-19/h2-6,9,12-13H,7-8,10-11H2,1H3. The van der Waals surface area contributed by atoms with Crippen molar-refractivity contribution in [3.63, 3.8) is 0 Å². The number of carbonyl (C=O) groups is 1. The van der Waals surface area contributed by atoms with Crippen molar-refractivity contribution in [1.82, 2.24) is 4.90 Å². The van der Waals surface area contributed by atoms with E-state index in [0.29, 0.717) is 0 Å². The quantitative estimate of drug-likeness (QED) is 0.799. The third-order valence-corrected chi connectivity index (χ3v) is 4.07. The molecule has 1 heterocycles. The van der Waals surface area contributed by atoms with Crippen molar-refractivity contribution in [2.45, 2.75) is 13.0 Å². The highest BCUT2D eigenvalue weighted by Gasteiger charge is 2.22. The molecule has 0 radical (unpaired) electrons. The summed E-state index contributed by atoms with van der Waals surface area (Å²) in [6.45, 7) is 2.81. The maximum Gasteiger partial charge on any atom is 0.124 e. The monoisotopic (exact) mass is 269 g/mol. The first kappa shape index (κ1) is 13.1. The Hall–Kier alpha value is -1.87. The first-order valence-corrected chi connectivity index (χ1v) is 7.03. The van der Waals surface area contributed by atoms with Gasteiger partial charge in [0, 0.05) is 19.0 Å². The fourth-order valence-electron chi connectivity index (χ4n) is 2.95. The summed E-state index contributed by atoms with van der Waals surface area (Å²) < 4.78 is 5.27. The summed E-state index contributed by atoms with van der Waals surface area (Å²) in [4.78, 5) is 13.2. The molecule has 1 unspecified atom stereocenters. The smallest absolute Gasteiger partial charge is 0.124 e. The van der Waals surface area contributed by atoms with E-state index in [1.165, 1.54) is 16.3 Å². The first-order chi connectivity index (χ1) is 9.80. The second-order valence-corrected chi connectivity index (χ2v) is 5.42. The lowest BCUT2D eigenvalue weighted by molar-refractivity contribution is -0.110. The van der Waals surface area contributed by atoms with E-state index in [1.54, 1.807) is 7.11 Å². The Labute approximate surface area is 119 Å². The van der Waals surface area contributed by atoms with Crippen LogP contribution >= 0.6 is 0 Å². The molecule has 0 aromatic heterocycles. The molecule has 1 aliphatic heterocycles. The lowest BCUT2D eigenvalue weighted by atomic mass is 10.0. The minimum Gasteiger partial charge on any atom is -0.497 e. The van der Waals surface area contributed by atoms with Crippen LogP contribution in [-0.2, 0) is 11.3 Å². The SMILES string of the molecule is COc1ccc2c(CN3CCC(C=O)C3)cccc2c1. The first-order valence-electron chi connectivity index (χ1n) is 7.03. The highest BCUT2D eigenvalue weighted by molar-refractivity contribution is 5.87. The van der Waals surface area contributed by atoms with Crippen LogP contribution in [0.4, 0.5) is 0 Å². The van der Waals surface area contributed by atoms with E-state index in [-0.39, 0.29) is 5.92 Å². The highest BCUT2D eigenvalue weighted by atomic mass is 16.5. The van der Waals surface area contributed by atoms with Gasteiger partial charge in [-0.15, -0.1) is 0 Å². The van der Waals surface area contributed by atoms with E-state index >= 15 is 0 Å². The predicted molar refractivity (Wildman–Crippen MR) is 79.9 cm³/mol. The summed E-state index contributed by atoms with van der Waals surface area (Å²) in [6, 6.07) is 12.6. The maximum absolute atomic E-state index is 10.8. The molecule has 0 bridgehead atoms. The fraction of sp³-hybridized carbons (Fsp3) is 0.353. The number of aldehydes is 1. The van der Waals surface area contributed by atoms with Crippen LogP contribution in [0.3, 0.4) is 0 Å². The van der Waals surface area contributed by atoms with E-state index in [0.717, 1.165) is 38.1 Å². The topological polar surface area (TPSA) is 29.5 Å². The number of hydrogen-bond donors (Lipinski definition) is 0. The Morgan fingerprint density at radius 3 is 3.00 bits per heavy atom. The molecule has 0 aliphatic carbocycles. The lowest BCUT2D eigenvalue weighted by Gasteiger charge is -2.16. The molecule has 2 aromatic carbocycles. The summed E-state index contributed by atoms with van der Waals surface area (Å²) in [5.41, 5.74) is 1.32. The molecular weight excluding hydrogens is 250 g/mol. The molecule has 1 aliphatic rings. The molecule has 3 rings (SSSR count). The molecule has 104 valence electrons.